The highest BCUT2D eigenvalue weighted by Crippen LogP contribution is 2.30. The minimum Gasteiger partial charge on any atom is -0.484 e. The Hall–Kier alpha value is -3.22. The van der Waals surface area contributed by atoms with Crippen molar-refractivity contribution < 1.29 is 27.2 Å². The van der Waals surface area contributed by atoms with Gasteiger partial charge >= 0.3 is 6.18 Å². The van der Waals surface area contributed by atoms with E-state index < -0.39 is 23.7 Å². The summed E-state index contributed by atoms with van der Waals surface area (Å²) in [5.74, 6) is -0.189. The molecule has 3 aromatic rings. The molecule has 11 heteroatoms. The van der Waals surface area contributed by atoms with Crippen LogP contribution in [-0.2, 0) is 12.8 Å². The van der Waals surface area contributed by atoms with Crippen LogP contribution in [0.25, 0.3) is 0 Å². The summed E-state index contributed by atoms with van der Waals surface area (Å²) in [5.41, 5.74) is -0.803. The average molecular weight is 470 g/mol. The Bertz CT molecular complexity index is 1130. The summed E-state index contributed by atoms with van der Waals surface area (Å²) in [6, 6.07) is 10.5. The Kier molecular flexibility index (Phi) is 6.73. The number of nitriles is 1. The second-order valence-corrected chi connectivity index (χ2v) is 7.04. The summed E-state index contributed by atoms with van der Waals surface area (Å²) in [7, 11) is 0. The van der Waals surface area contributed by atoms with Gasteiger partial charge in [0.15, 0.2) is 11.5 Å². The summed E-state index contributed by atoms with van der Waals surface area (Å²) in [6.07, 6.45) is -4.50. The van der Waals surface area contributed by atoms with E-state index in [1.165, 1.54) is 12.1 Å². The van der Waals surface area contributed by atoms with Crippen molar-refractivity contribution in [3.63, 3.8) is 0 Å². The number of carbonyl (C=O) groups excluding carboxylic acids is 1. The fraction of sp³-hybridized carbons (Fsp3) is 0.150. The van der Waals surface area contributed by atoms with E-state index in [-0.39, 0.29) is 23.6 Å². The fourth-order valence-corrected chi connectivity index (χ4v) is 2.95. The third-order valence-electron chi connectivity index (χ3n) is 4.03. The van der Waals surface area contributed by atoms with Gasteiger partial charge in [-0.2, -0.15) is 18.4 Å². The Morgan fingerprint density at radius 3 is 2.52 bits per heavy atom. The number of carbonyl (C=O) groups is 1. The van der Waals surface area contributed by atoms with Crippen LogP contribution in [0, 0.1) is 11.3 Å². The van der Waals surface area contributed by atoms with Gasteiger partial charge in [0.2, 0.25) is 0 Å². The molecular formula is C20H12Cl2F3N3O3. The third kappa shape index (κ3) is 5.69. The van der Waals surface area contributed by atoms with Gasteiger partial charge in [-0.25, -0.2) is 0 Å². The number of alkyl halides is 3. The van der Waals surface area contributed by atoms with Crippen LogP contribution in [0.5, 0.6) is 5.75 Å². The predicted molar refractivity (Wildman–Crippen MR) is 105 cm³/mol. The molecule has 1 amide bonds. The van der Waals surface area contributed by atoms with Crippen molar-refractivity contribution in [2.45, 2.75) is 18.8 Å². The molecule has 1 unspecified atom stereocenters. The number of hydrogen-bond donors (Lipinski definition) is 1. The number of benzene rings is 2. The summed E-state index contributed by atoms with van der Waals surface area (Å²) >= 11 is 11.8. The van der Waals surface area contributed by atoms with E-state index >= 15 is 0 Å². The molecule has 0 bridgehead atoms. The third-order valence-corrected chi connectivity index (χ3v) is 4.56. The summed E-state index contributed by atoms with van der Waals surface area (Å²) in [5, 5.41) is 16.0. The largest absolute Gasteiger partial charge is 0.484 e. The highest BCUT2D eigenvalue weighted by atomic mass is 35.5. The lowest BCUT2D eigenvalue weighted by Gasteiger charge is -2.12. The molecule has 160 valence electrons. The minimum absolute atomic E-state index is 0.0811. The van der Waals surface area contributed by atoms with Crippen molar-refractivity contribution in [1.82, 2.24) is 10.5 Å². The van der Waals surface area contributed by atoms with Crippen molar-refractivity contribution >= 4 is 29.1 Å². The maximum absolute atomic E-state index is 12.7. The lowest BCUT2D eigenvalue weighted by atomic mass is 10.1. The molecule has 0 radical (unpaired) electrons. The van der Waals surface area contributed by atoms with Gasteiger partial charge in [0.25, 0.3) is 5.91 Å². The van der Waals surface area contributed by atoms with E-state index in [1.807, 2.05) is 6.07 Å². The van der Waals surface area contributed by atoms with E-state index in [0.29, 0.717) is 15.8 Å². The van der Waals surface area contributed by atoms with Gasteiger partial charge in [-0.15, -0.1) is 0 Å². The standard InChI is InChI=1S/C20H12Cl2F3N3O3/c21-13-5-6-18(15(22)7-13)30-10-14-8-16(28-31-14)19(29)27-17(9-26)11-1-3-12(4-2-11)20(23,24)25/h1-8,17H,10H2,(H,27,29). The highest BCUT2D eigenvalue weighted by molar-refractivity contribution is 6.35. The zero-order chi connectivity index (χ0) is 22.6. The smallest absolute Gasteiger partial charge is 0.416 e. The molecule has 0 aliphatic heterocycles. The Morgan fingerprint density at radius 1 is 1.19 bits per heavy atom. The monoisotopic (exact) mass is 469 g/mol. The van der Waals surface area contributed by atoms with Crippen molar-refractivity contribution in [2.75, 3.05) is 0 Å². The minimum atomic E-state index is -4.50. The molecule has 0 aliphatic rings. The van der Waals surface area contributed by atoms with E-state index in [1.54, 1.807) is 12.1 Å². The predicted octanol–water partition coefficient (Wildman–Crippen LogP) is 5.57. The second-order valence-electron chi connectivity index (χ2n) is 6.20. The topological polar surface area (TPSA) is 88.2 Å². The molecule has 6 nitrogen and oxygen atoms in total. The maximum Gasteiger partial charge on any atom is 0.416 e. The Morgan fingerprint density at radius 2 is 1.90 bits per heavy atom. The van der Waals surface area contributed by atoms with Gasteiger partial charge in [0.1, 0.15) is 18.4 Å². The summed E-state index contributed by atoms with van der Waals surface area (Å²) < 4.78 is 48.5. The molecular weight excluding hydrogens is 458 g/mol. The number of hydrogen-bond acceptors (Lipinski definition) is 5. The first-order chi connectivity index (χ1) is 14.7. The number of amides is 1. The van der Waals surface area contributed by atoms with Crippen molar-refractivity contribution in [2.24, 2.45) is 0 Å². The van der Waals surface area contributed by atoms with Crippen LogP contribution in [-0.4, -0.2) is 11.1 Å². The summed E-state index contributed by atoms with van der Waals surface area (Å²) in [4.78, 5) is 12.4. The molecule has 0 saturated carbocycles. The van der Waals surface area contributed by atoms with E-state index in [9.17, 15) is 23.2 Å². The second kappa shape index (κ2) is 9.29. The molecule has 1 aromatic heterocycles. The van der Waals surface area contributed by atoms with Gasteiger partial charge in [-0.3, -0.25) is 4.79 Å². The molecule has 2 aromatic carbocycles. The van der Waals surface area contributed by atoms with Crippen LogP contribution in [0.2, 0.25) is 10.0 Å². The summed E-state index contributed by atoms with van der Waals surface area (Å²) in [6.45, 7) is -0.0811. The first kappa shape index (κ1) is 22.5. The van der Waals surface area contributed by atoms with Crippen LogP contribution in [0.1, 0.15) is 33.4 Å². The van der Waals surface area contributed by atoms with Crippen molar-refractivity contribution in [3.8, 4) is 11.8 Å². The van der Waals surface area contributed by atoms with Crippen molar-refractivity contribution in [1.29, 1.82) is 5.26 Å². The first-order valence-corrected chi connectivity index (χ1v) is 9.34. The number of nitrogens with zero attached hydrogens (tertiary/aromatic N) is 2. The highest BCUT2D eigenvalue weighted by Gasteiger charge is 2.30. The Labute approximate surface area is 184 Å². The number of aromatic nitrogens is 1. The Balaban J connectivity index is 1.63. The molecule has 31 heavy (non-hydrogen) atoms. The van der Waals surface area contributed by atoms with Gasteiger partial charge in [0, 0.05) is 11.1 Å². The quantitative estimate of drug-likeness (QED) is 0.509. The number of halogens is 5. The molecule has 1 atom stereocenters. The lowest BCUT2D eigenvalue weighted by Crippen LogP contribution is -2.27. The van der Waals surface area contributed by atoms with Crippen LogP contribution in [0.15, 0.2) is 53.1 Å². The zero-order valence-electron chi connectivity index (χ0n) is 15.4. The average Bonchev–Trinajstić information content (AvgIpc) is 3.20. The van der Waals surface area contributed by atoms with Crippen LogP contribution in [0.4, 0.5) is 13.2 Å². The molecule has 1 N–H and O–H groups in total. The van der Waals surface area contributed by atoms with Crippen LogP contribution in [0.3, 0.4) is 0 Å². The van der Waals surface area contributed by atoms with E-state index in [2.05, 4.69) is 10.5 Å². The SMILES string of the molecule is N#CC(NC(=O)c1cc(COc2ccc(Cl)cc2Cl)on1)c1ccc(C(F)(F)F)cc1. The first-order valence-electron chi connectivity index (χ1n) is 8.58. The molecule has 0 fully saturated rings. The zero-order valence-corrected chi connectivity index (χ0v) is 16.9. The normalized spacial score (nSPS) is 12.1. The number of nitrogens with one attached hydrogen (secondary N) is 1. The van der Waals surface area contributed by atoms with Gasteiger partial charge in [-0.05, 0) is 35.9 Å². The van der Waals surface area contributed by atoms with E-state index in [0.717, 1.165) is 24.3 Å². The maximum atomic E-state index is 12.7. The van der Waals surface area contributed by atoms with E-state index in [4.69, 9.17) is 32.5 Å². The van der Waals surface area contributed by atoms with Crippen LogP contribution < -0.4 is 10.1 Å². The number of rotatable bonds is 6. The fourth-order valence-electron chi connectivity index (χ4n) is 2.49. The lowest BCUT2D eigenvalue weighted by molar-refractivity contribution is -0.137. The van der Waals surface area contributed by atoms with Gasteiger partial charge in [0.05, 0.1) is 16.7 Å². The van der Waals surface area contributed by atoms with Gasteiger partial charge < -0.3 is 14.6 Å². The van der Waals surface area contributed by atoms with Gasteiger partial charge in [-0.1, -0.05) is 40.5 Å². The van der Waals surface area contributed by atoms with Crippen LogP contribution >= 0.6 is 23.2 Å². The molecule has 0 aliphatic carbocycles. The molecule has 1 heterocycles. The molecule has 3 rings (SSSR count). The molecule has 0 saturated heterocycles. The number of ether oxygens (including phenoxy) is 1. The van der Waals surface area contributed by atoms with Crippen molar-refractivity contribution in [3.05, 3.63) is 81.2 Å². The molecule has 0 spiro atoms.